The van der Waals surface area contributed by atoms with Crippen molar-refractivity contribution < 1.29 is 14.3 Å². The summed E-state index contributed by atoms with van der Waals surface area (Å²) in [6, 6.07) is 17.4. The van der Waals surface area contributed by atoms with Crippen LogP contribution in [-0.2, 0) is 16.1 Å². The van der Waals surface area contributed by atoms with Crippen molar-refractivity contribution in [1.82, 2.24) is 5.32 Å². The van der Waals surface area contributed by atoms with Crippen LogP contribution in [0.5, 0.6) is 5.75 Å². The highest BCUT2D eigenvalue weighted by atomic mass is 16.5. The van der Waals surface area contributed by atoms with Gasteiger partial charge in [0.15, 0.2) is 0 Å². The average Bonchev–Trinajstić information content (AvgIpc) is 2.64. The van der Waals surface area contributed by atoms with E-state index in [0.29, 0.717) is 26.4 Å². The molecule has 0 heterocycles. The maximum absolute atomic E-state index is 11.8. The van der Waals surface area contributed by atoms with Gasteiger partial charge in [0, 0.05) is 18.8 Å². The third kappa shape index (κ3) is 6.71. The molecule has 0 atom stereocenters. The molecular weight excluding hydrogens is 304 g/mol. The van der Waals surface area contributed by atoms with E-state index in [9.17, 15) is 4.79 Å². The number of hydrogen-bond acceptors (Lipinski definition) is 4. The van der Waals surface area contributed by atoms with E-state index < -0.39 is 0 Å². The monoisotopic (exact) mass is 328 g/mol. The lowest BCUT2D eigenvalue weighted by molar-refractivity contribution is -0.119. The van der Waals surface area contributed by atoms with Crippen LogP contribution in [0.25, 0.3) is 0 Å². The van der Waals surface area contributed by atoms with Crippen molar-refractivity contribution in [2.75, 3.05) is 31.7 Å². The summed E-state index contributed by atoms with van der Waals surface area (Å²) < 4.78 is 10.8. The van der Waals surface area contributed by atoms with Crippen molar-refractivity contribution in [3.05, 3.63) is 60.2 Å². The standard InChI is InChI=1S/C19H24N2O3/c1-2-23-12-13-24-18-10-8-17(9-11-18)20-15-19(22)21-14-16-6-4-3-5-7-16/h3-11,20H,2,12-15H2,1H3,(H,21,22). The zero-order valence-electron chi connectivity index (χ0n) is 14.0. The molecule has 0 aliphatic heterocycles. The summed E-state index contributed by atoms with van der Waals surface area (Å²) in [4.78, 5) is 11.8. The minimum atomic E-state index is -0.0455. The summed E-state index contributed by atoms with van der Waals surface area (Å²) >= 11 is 0. The quantitative estimate of drug-likeness (QED) is 0.659. The van der Waals surface area contributed by atoms with Gasteiger partial charge in [0.2, 0.25) is 5.91 Å². The molecule has 24 heavy (non-hydrogen) atoms. The predicted molar refractivity (Wildman–Crippen MR) is 95.2 cm³/mol. The van der Waals surface area contributed by atoms with Gasteiger partial charge in [0.25, 0.3) is 0 Å². The minimum absolute atomic E-state index is 0.0455. The van der Waals surface area contributed by atoms with E-state index in [1.165, 1.54) is 0 Å². The van der Waals surface area contributed by atoms with Gasteiger partial charge >= 0.3 is 0 Å². The fourth-order valence-electron chi connectivity index (χ4n) is 2.07. The third-order valence-corrected chi connectivity index (χ3v) is 3.34. The van der Waals surface area contributed by atoms with Gasteiger partial charge in [0.05, 0.1) is 13.2 Å². The van der Waals surface area contributed by atoms with E-state index in [1.807, 2.05) is 61.5 Å². The zero-order chi connectivity index (χ0) is 17.0. The van der Waals surface area contributed by atoms with Crippen LogP contribution in [-0.4, -0.2) is 32.3 Å². The predicted octanol–water partition coefficient (Wildman–Crippen LogP) is 2.83. The number of nitrogens with one attached hydrogen (secondary N) is 2. The van der Waals surface area contributed by atoms with E-state index in [4.69, 9.17) is 9.47 Å². The zero-order valence-corrected chi connectivity index (χ0v) is 14.0. The molecule has 2 N–H and O–H groups in total. The molecular formula is C19H24N2O3. The van der Waals surface area contributed by atoms with Crippen LogP contribution in [0.15, 0.2) is 54.6 Å². The molecule has 0 spiro atoms. The molecule has 0 aliphatic rings. The number of amides is 1. The molecule has 0 saturated heterocycles. The number of carbonyl (C=O) groups is 1. The maximum atomic E-state index is 11.8. The van der Waals surface area contributed by atoms with Gasteiger partial charge in [-0.05, 0) is 36.8 Å². The van der Waals surface area contributed by atoms with Gasteiger partial charge in [0.1, 0.15) is 12.4 Å². The fraction of sp³-hybridized carbons (Fsp3) is 0.316. The van der Waals surface area contributed by atoms with Gasteiger partial charge in [-0.25, -0.2) is 0 Å². The first-order valence-corrected chi connectivity index (χ1v) is 8.13. The summed E-state index contributed by atoms with van der Waals surface area (Å²) in [6.45, 7) is 4.53. The molecule has 128 valence electrons. The van der Waals surface area contributed by atoms with Gasteiger partial charge in [-0.15, -0.1) is 0 Å². The van der Waals surface area contributed by atoms with Gasteiger partial charge in [-0.2, -0.15) is 0 Å². The Balaban J connectivity index is 1.67. The maximum Gasteiger partial charge on any atom is 0.239 e. The molecule has 1 amide bonds. The van der Waals surface area contributed by atoms with Crippen LogP contribution in [0, 0.1) is 0 Å². The normalized spacial score (nSPS) is 10.2. The Kier molecular flexibility index (Phi) is 7.63. The molecule has 0 aromatic heterocycles. The van der Waals surface area contributed by atoms with Crippen LogP contribution in [0.2, 0.25) is 0 Å². The molecule has 0 radical (unpaired) electrons. The van der Waals surface area contributed by atoms with Crippen molar-refractivity contribution >= 4 is 11.6 Å². The molecule has 0 bridgehead atoms. The number of ether oxygens (including phenoxy) is 2. The highest BCUT2D eigenvalue weighted by molar-refractivity contribution is 5.80. The molecule has 0 fully saturated rings. The highest BCUT2D eigenvalue weighted by Gasteiger charge is 2.02. The van der Waals surface area contributed by atoms with Gasteiger partial charge < -0.3 is 20.1 Å². The molecule has 5 nitrogen and oxygen atoms in total. The molecule has 2 rings (SSSR count). The summed E-state index contributed by atoms with van der Waals surface area (Å²) in [6.07, 6.45) is 0. The Labute approximate surface area is 143 Å². The summed E-state index contributed by atoms with van der Waals surface area (Å²) in [5, 5.41) is 5.97. The molecule has 0 aliphatic carbocycles. The lowest BCUT2D eigenvalue weighted by Crippen LogP contribution is -2.29. The summed E-state index contributed by atoms with van der Waals surface area (Å²) in [7, 11) is 0. The van der Waals surface area contributed by atoms with Crippen molar-refractivity contribution in [3.8, 4) is 5.75 Å². The van der Waals surface area contributed by atoms with E-state index in [2.05, 4.69) is 10.6 Å². The third-order valence-electron chi connectivity index (χ3n) is 3.34. The molecule has 2 aromatic carbocycles. The lowest BCUT2D eigenvalue weighted by Gasteiger charge is -2.09. The Morgan fingerprint density at radius 3 is 2.46 bits per heavy atom. The number of anilines is 1. The average molecular weight is 328 g/mol. The van der Waals surface area contributed by atoms with E-state index >= 15 is 0 Å². The van der Waals surface area contributed by atoms with Crippen molar-refractivity contribution in [3.63, 3.8) is 0 Å². The van der Waals surface area contributed by atoms with Gasteiger partial charge in [-0.3, -0.25) is 4.79 Å². The molecule has 2 aromatic rings. The number of rotatable bonds is 10. The number of benzene rings is 2. The van der Waals surface area contributed by atoms with Crippen molar-refractivity contribution in [2.45, 2.75) is 13.5 Å². The Bertz CT molecular complexity index is 600. The van der Waals surface area contributed by atoms with E-state index in [1.54, 1.807) is 0 Å². The first kappa shape index (κ1) is 17.8. The lowest BCUT2D eigenvalue weighted by atomic mass is 10.2. The summed E-state index contributed by atoms with van der Waals surface area (Å²) in [5.41, 5.74) is 1.96. The van der Waals surface area contributed by atoms with E-state index in [0.717, 1.165) is 17.0 Å². The first-order chi connectivity index (χ1) is 11.8. The second-order valence-corrected chi connectivity index (χ2v) is 5.19. The Hall–Kier alpha value is -2.53. The van der Waals surface area contributed by atoms with Crippen LogP contribution in [0.4, 0.5) is 5.69 Å². The Morgan fingerprint density at radius 1 is 1.00 bits per heavy atom. The Morgan fingerprint density at radius 2 is 1.75 bits per heavy atom. The fourth-order valence-corrected chi connectivity index (χ4v) is 2.07. The number of hydrogen-bond donors (Lipinski definition) is 2. The van der Waals surface area contributed by atoms with Crippen molar-refractivity contribution in [2.24, 2.45) is 0 Å². The van der Waals surface area contributed by atoms with Crippen LogP contribution < -0.4 is 15.4 Å². The van der Waals surface area contributed by atoms with E-state index in [-0.39, 0.29) is 12.5 Å². The van der Waals surface area contributed by atoms with Crippen LogP contribution >= 0.6 is 0 Å². The number of carbonyl (C=O) groups excluding carboxylic acids is 1. The molecule has 5 heteroatoms. The smallest absolute Gasteiger partial charge is 0.239 e. The van der Waals surface area contributed by atoms with Crippen LogP contribution in [0.3, 0.4) is 0 Å². The summed E-state index contributed by atoms with van der Waals surface area (Å²) in [5.74, 6) is 0.740. The highest BCUT2D eigenvalue weighted by Crippen LogP contribution is 2.15. The largest absolute Gasteiger partial charge is 0.491 e. The first-order valence-electron chi connectivity index (χ1n) is 8.13. The van der Waals surface area contributed by atoms with Gasteiger partial charge in [-0.1, -0.05) is 30.3 Å². The topological polar surface area (TPSA) is 59.6 Å². The minimum Gasteiger partial charge on any atom is -0.491 e. The van der Waals surface area contributed by atoms with Crippen LogP contribution in [0.1, 0.15) is 12.5 Å². The second kappa shape index (κ2) is 10.3. The molecule has 0 unspecified atom stereocenters. The van der Waals surface area contributed by atoms with Crippen molar-refractivity contribution in [1.29, 1.82) is 0 Å². The molecule has 0 saturated carbocycles. The second-order valence-electron chi connectivity index (χ2n) is 5.19. The SMILES string of the molecule is CCOCCOc1ccc(NCC(=O)NCc2ccccc2)cc1.